The topological polar surface area (TPSA) is 98.7 Å². The van der Waals surface area contributed by atoms with Crippen LogP contribution in [0.15, 0.2) is 29.0 Å². The first-order valence-corrected chi connectivity index (χ1v) is 17.2. The van der Waals surface area contributed by atoms with Crippen LogP contribution >= 0.6 is 7.66 Å². The van der Waals surface area contributed by atoms with Gasteiger partial charge in [0.05, 0.1) is 17.7 Å². The number of fused-ring (bicyclic) bond motifs is 2. The van der Waals surface area contributed by atoms with E-state index in [-0.39, 0.29) is 10.8 Å². The molecule has 10 heteroatoms. The smallest absolute Gasteiger partial charge is 0.446 e. The summed E-state index contributed by atoms with van der Waals surface area (Å²) in [5.74, 6) is 1.14. The van der Waals surface area contributed by atoms with E-state index in [1.807, 2.05) is 20.8 Å². The van der Waals surface area contributed by atoms with Gasteiger partial charge in [-0.3, -0.25) is 0 Å². The molecule has 45 heavy (non-hydrogen) atoms. The van der Waals surface area contributed by atoms with Gasteiger partial charge in [0, 0.05) is 17.5 Å². The predicted octanol–water partition coefficient (Wildman–Crippen LogP) is 9.90. The van der Waals surface area contributed by atoms with Crippen LogP contribution in [-0.2, 0) is 26.7 Å². The van der Waals surface area contributed by atoms with Gasteiger partial charge in [-0.2, -0.15) is 0 Å². The number of benzene rings is 2. The fraction of sp³-hybridized carbons (Fsp3) is 0.600. The largest absolute Gasteiger partial charge is 0.450 e. The minimum absolute atomic E-state index is 0.341. The van der Waals surface area contributed by atoms with E-state index in [2.05, 4.69) is 85.1 Å². The second-order valence-corrected chi connectivity index (χ2v) is 17.5. The molecular formula is C35H54N3O6P. The Morgan fingerprint density at radius 2 is 1.20 bits per heavy atom. The molecule has 0 aromatic heterocycles. The van der Waals surface area contributed by atoms with Crippen LogP contribution in [0.5, 0.6) is 11.5 Å². The Morgan fingerprint density at radius 3 is 1.56 bits per heavy atom. The fourth-order valence-corrected chi connectivity index (χ4v) is 7.59. The molecule has 0 aliphatic carbocycles. The second kappa shape index (κ2) is 12.9. The van der Waals surface area contributed by atoms with E-state index in [0.717, 1.165) is 38.2 Å². The summed E-state index contributed by atoms with van der Waals surface area (Å²) in [6.45, 7) is 29.5. The molecule has 1 heterocycles. The van der Waals surface area contributed by atoms with Crippen LogP contribution in [-0.4, -0.2) is 34.7 Å². The number of amides is 2. The van der Waals surface area contributed by atoms with Crippen LogP contribution in [0, 0.1) is 13.8 Å². The summed E-state index contributed by atoms with van der Waals surface area (Å²) in [6.07, 6.45) is -2.15. The van der Waals surface area contributed by atoms with Crippen molar-refractivity contribution in [2.75, 3.05) is 0 Å². The third-order valence-electron chi connectivity index (χ3n) is 6.77. The summed E-state index contributed by atoms with van der Waals surface area (Å²) in [5.41, 5.74) is 7.08. The molecule has 0 radical (unpaired) electrons. The number of ether oxygens (including phenoxy) is 2. The van der Waals surface area contributed by atoms with E-state index >= 15 is 0 Å². The minimum Gasteiger partial charge on any atom is -0.446 e. The van der Waals surface area contributed by atoms with E-state index in [4.69, 9.17) is 23.3 Å². The molecule has 2 aromatic rings. The Morgan fingerprint density at radius 1 is 0.778 bits per heavy atom. The number of aryl methyl sites for hydroxylation is 2. The summed E-state index contributed by atoms with van der Waals surface area (Å²) >= 11 is 0. The van der Waals surface area contributed by atoms with Crippen molar-refractivity contribution in [1.29, 1.82) is 0 Å². The normalized spacial score (nSPS) is 14.7. The molecule has 9 nitrogen and oxygen atoms in total. The lowest BCUT2D eigenvalue weighted by atomic mass is 9.81. The molecule has 0 unspecified atom stereocenters. The Labute approximate surface area is 270 Å². The Kier molecular flexibility index (Phi) is 10.4. The molecule has 1 aliphatic rings. The number of nitrogens with zero attached hydrogens (tertiary/aromatic N) is 2. The molecule has 0 bridgehead atoms. The van der Waals surface area contributed by atoms with Crippen molar-refractivity contribution < 1.29 is 28.1 Å². The number of carbonyl (C=O) groups is 2. The van der Waals surface area contributed by atoms with Gasteiger partial charge in [0.15, 0.2) is 0 Å². The van der Waals surface area contributed by atoms with Crippen LogP contribution in [0.1, 0.15) is 123 Å². The van der Waals surface area contributed by atoms with Crippen molar-refractivity contribution in [2.45, 2.75) is 139 Å². The van der Waals surface area contributed by atoms with Gasteiger partial charge in [0.2, 0.25) is 0 Å². The first-order chi connectivity index (χ1) is 20.4. The van der Waals surface area contributed by atoms with Gasteiger partial charge in [0.25, 0.3) is 0 Å². The van der Waals surface area contributed by atoms with Gasteiger partial charge in [-0.1, -0.05) is 76.9 Å². The first kappa shape index (κ1) is 36.3. The van der Waals surface area contributed by atoms with Crippen molar-refractivity contribution in [3.8, 4) is 11.5 Å². The number of hydrogen-bond acceptors (Lipinski definition) is 7. The first-order valence-electron chi connectivity index (χ1n) is 15.7. The molecule has 250 valence electrons. The van der Waals surface area contributed by atoms with Crippen LogP contribution < -0.4 is 14.5 Å². The van der Waals surface area contributed by atoms with Gasteiger partial charge < -0.3 is 18.5 Å². The summed E-state index contributed by atoms with van der Waals surface area (Å²) in [5, 5.41) is 0. The minimum atomic E-state index is -4.02. The molecule has 2 aromatic carbocycles. The number of hydrazine groups is 1. The lowest BCUT2D eigenvalue weighted by Crippen LogP contribution is -2.48. The van der Waals surface area contributed by atoms with E-state index in [0.29, 0.717) is 17.9 Å². The molecule has 1 aliphatic heterocycles. The number of carbonyl (C=O) groups excluding carboxylic acids is 2. The Hall–Kier alpha value is -3.19. The zero-order chi connectivity index (χ0) is 34.3. The highest BCUT2D eigenvalue weighted by Gasteiger charge is 2.47. The molecule has 0 fully saturated rings. The average Bonchev–Trinajstić information content (AvgIpc) is 2.81. The van der Waals surface area contributed by atoms with Crippen LogP contribution in [0.2, 0.25) is 0 Å². The van der Waals surface area contributed by atoms with E-state index in [9.17, 15) is 9.59 Å². The predicted molar refractivity (Wildman–Crippen MR) is 181 cm³/mol. The SMILES string of the molecule is Cc1cc2c(c(C(C)(C)C)c1)OP(=NC(C)(C)C)(N(NC(=O)OC(C)C)C(=O)OC(C)C)Oc1c(cc(C)cc1C(C)(C)C)C2. The standard InChI is InChI=1S/C35H54N3O6P/c1-21(2)41-31(39)36-38(32(40)42-22(3)4)45(37-35(13,14)15)43-29-25(16-23(5)18-27(29)33(7,8)9)20-26-17-24(6)19-28(30(26)44-45)34(10,11)12/h16-19,21-22H,20H2,1-15H3,(H,36,39). The highest BCUT2D eigenvalue weighted by molar-refractivity contribution is 7.55. The van der Waals surface area contributed by atoms with E-state index in [1.165, 1.54) is 0 Å². The van der Waals surface area contributed by atoms with Crippen molar-refractivity contribution in [2.24, 2.45) is 4.74 Å². The molecule has 2 amide bonds. The van der Waals surface area contributed by atoms with Crippen molar-refractivity contribution in [3.63, 3.8) is 0 Å². The lowest BCUT2D eigenvalue weighted by Gasteiger charge is -2.40. The zero-order valence-corrected chi connectivity index (χ0v) is 30.9. The number of nitrogens with one attached hydrogen (secondary N) is 1. The maximum Gasteiger partial charge on any atom is 0.450 e. The molecule has 0 saturated heterocycles. The second-order valence-electron chi connectivity index (χ2n) is 15.5. The third-order valence-corrected chi connectivity index (χ3v) is 9.23. The van der Waals surface area contributed by atoms with Crippen molar-refractivity contribution >= 4 is 19.8 Å². The van der Waals surface area contributed by atoms with E-state index in [1.54, 1.807) is 27.7 Å². The van der Waals surface area contributed by atoms with Crippen LogP contribution in [0.3, 0.4) is 0 Å². The van der Waals surface area contributed by atoms with E-state index < -0.39 is 37.6 Å². The maximum absolute atomic E-state index is 14.1. The highest BCUT2D eigenvalue weighted by Crippen LogP contribution is 2.61. The summed E-state index contributed by atoms with van der Waals surface area (Å²) in [6, 6.07) is 8.42. The zero-order valence-electron chi connectivity index (χ0n) is 30.0. The van der Waals surface area contributed by atoms with Gasteiger partial charge in [0.1, 0.15) is 11.5 Å². The Balaban J connectivity index is 2.60. The quantitative estimate of drug-likeness (QED) is 0.264. The summed E-state index contributed by atoms with van der Waals surface area (Å²) in [7, 11) is -4.02. The van der Waals surface area contributed by atoms with Gasteiger partial charge in [-0.25, -0.2) is 19.8 Å². The molecule has 1 N–H and O–H groups in total. The van der Waals surface area contributed by atoms with Gasteiger partial charge in [-0.05, 0) is 84.3 Å². The third kappa shape index (κ3) is 8.96. The Bertz CT molecular complexity index is 1420. The van der Waals surface area contributed by atoms with Gasteiger partial charge >= 0.3 is 19.8 Å². The summed E-state index contributed by atoms with van der Waals surface area (Å²) in [4.78, 5) is 27.4. The fourth-order valence-electron chi connectivity index (χ4n) is 5.09. The number of rotatable bonds is 3. The van der Waals surface area contributed by atoms with Crippen LogP contribution in [0.25, 0.3) is 0 Å². The molecule has 3 rings (SSSR count). The lowest BCUT2D eigenvalue weighted by molar-refractivity contribution is 0.0671. The monoisotopic (exact) mass is 643 g/mol. The van der Waals surface area contributed by atoms with Crippen molar-refractivity contribution in [3.05, 3.63) is 57.6 Å². The molecule has 0 spiro atoms. The van der Waals surface area contributed by atoms with Crippen molar-refractivity contribution in [1.82, 2.24) is 10.2 Å². The average molecular weight is 644 g/mol. The maximum atomic E-state index is 14.1. The highest BCUT2D eigenvalue weighted by atomic mass is 31.2. The molecule has 0 atom stereocenters. The molecule has 0 saturated carbocycles. The van der Waals surface area contributed by atoms with Gasteiger partial charge in [-0.15, -0.1) is 4.78 Å². The number of hydrogen-bond donors (Lipinski definition) is 1. The van der Waals surface area contributed by atoms with Crippen LogP contribution in [0.4, 0.5) is 9.59 Å². The summed E-state index contributed by atoms with van der Waals surface area (Å²) < 4.78 is 31.6. The molecular weight excluding hydrogens is 589 g/mol.